The van der Waals surface area contributed by atoms with Gasteiger partial charge in [0, 0.05) is 26.6 Å². The molecular formula is C9H12F3N3. The topological polar surface area (TPSA) is 29.0 Å². The number of alkyl halides is 3. The summed E-state index contributed by atoms with van der Waals surface area (Å²) in [5.41, 5.74) is -0.891. The van der Waals surface area contributed by atoms with Crippen molar-refractivity contribution < 1.29 is 13.2 Å². The molecule has 0 aromatic carbocycles. The molecule has 15 heavy (non-hydrogen) atoms. The molecule has 1 rings (SSSR count). The fourth-order valence-corrected chi connectivity index (χ4v) is 1.02. The zero-order chi connectivity index (χ0) is 11.6. The number of hydrogen-bond donors (Lipinski definition) is 0. The average Bonchev–Trinajstić information content (AvgIpc) is 2.15. The van der Waals surface area contributed by atoms with Gasteiger partial charge >= 0.3 is 6.18 Å². The van der Waals surface area contributed by atoms with Crippen LogP contribution < -0.4 is 4.90 Å². The van der Waals surface area contributed by atoms with Crippen LogP contribution in [-0.2, 0) is 12.6 Å². The smallest absolute Gasteiger partial charge is 0.363 e. The summed E-state index contributed by atoms with van der Waals surface area (Å²) in [5.74, 6) is 0.475. The molecule has 1 heterocycles. The third kappa shape index (κ3) is 2.81. The van der Waals surface area contributed by atoms with Gasteiger partial charge in [0.05, 0.1) is 0 Å². The molecule has 1 aromatic rings. The van der Waals surface area contributed by atoms with Gasteiger partial charge in [0.15, 0.2) is 0 Å². The standard InChI is InChI=1S/C9H12F3N3/c1-4-7-13-6(9(10,11)12)5-8(14-7)15(2)3/h5H,4H2,1-3H3. The van der Waals surface area contributed by atoms with E-state index in [2.05, 4.69) is 9.97 Å². The molecule has 84 valence electrons. The van der Waals surface area contributed by atoms with Gasteiger partial charge in [-0.25, -0.2) is 9.97 Å². The third-order valence-corrected chi connectivity index (χ3v) is 1.82. The fourth-order valence-electron chi connectivity index (χ4n) is 1.02. The van der Waals surface area contributed by atoms with Crippen molar-refractivity contribution in [2.75, 3.05) is 19.0 Å². The van der Waals surface area contributed by atoms with E-state index in [-0.39, 0.29) is 11.6 Å². The molecule has 0 aliphatic heterocycles. The first-order valence-electron chi connectivity index (χ1n) is 4.47. The Morgan fingerprint density at radius 3 is 2.27 bits per heavy atom. The van der Waals surface area contributed by atoms with Crippen LogP contribution in [0.3, 0.4) is 0 Å². The van der Waals surface area contributed by atoms with Crippen molar-refractivity contribution in [3.63, 3.8) is 0 Å². The molecule has 0 amide bonds. The molecule has 0 aliphatic carbocycles. The van der Waals surface area contributed by atoms with Crippen LogP contribution in [0.5, 0.6) is 0 Å². The number of aromatic nitrogens is 2. The van der Waals surface area contributed by atoms with Crippen molar-refractivity contribution >= 4 is 5.82 Å². The molecule has 0 atom stereocenters. The normalized spacial score (nSPS) is 11.6. The average molecular weight is 219 g/mol. The molecule has 0 unspecified atom stereocenters. The molecule has 3 nitrogen and oxygen atoms in total. The van der Waals surface area contributed by atoms with Gasteiger partial charge in [-0.05, 0) is 0 Å². The zero-order valence-electron chi connectivity index (χ0n) is 8.76. The Morgan fingerprint density at radius 2 is 1.87 bits per heavy atom. The summed E-state index contributed by atoms with van der Waals surface area (Å²) in [4.78, 5) is 8.95. The van der Waals surface area contributed by atoms with E-state index < -0.39 is 11.9 Å². The van der Waals surface area contributed by atoms with Crippen LogP contribution in [0.4, 0.5) is 19.0 Å². The predicted octanol–water partition coefficient (Wildman–Crippen LogP) is 2.12. The summed E-state index contributed by atoms with van der Waals surface area (Å²) in [6.07, 6.45) is -4.04. The first kappa shape index (κ1) is 11.7. The lowest BCUT2D eigenvalue weighted by Gasteiger charge is -2.14. The van der Waals surface area contributed by atoms with Crippen LogP contribution in [0, 0.1) is 0 Å². The molecule has 6 heteroatoms. The van der Waals surface area contributed by atoms with Crippen LogP contribution in [0.25, 0.3) is 0 Å². The molecule has 0 saturated carbocycles. The minimum absolute atomic E-state index is 0.202. The number of nitrogens with zero attached hydrogens (tertiary/aromatic N) is 3. The fraction of sp³-hybridized carbons (Fsp3) is 0.556. The summed E-state index contributed by atoms with van der Waals surface area (Å²) >= 11 is 0. The number of anilines is 1. The van der Waals surface area contributed by atoms with Crippen LogP contribution in [0.1, 0.15) is 18.4 Å². The monoisotopic (exact) mass is 219 g/mol. The summed E-state index contributed by atoms with van der Waals surface area (Å²) in [5, 5.41) is 0. The predicted molar refractivity (Wildman–Crippen MR) is 50.7 cm³/mol. The Kier molecular flexibility index (Phi) is 3.16. The maximum Gasteiger partial charge on any atom is 0.433 e. The van der Waals surface area contributed by atoms with Crippen LogP contribution in [0.15, 0.2) is 6.07 Å². The first-order chi connectivity index (χ1) is 6.84. The van der Waals surface area contributed by atoms with E-state index in [1.807, 2.05) is 0 Å². The maximum atomic E-state index is 12.4. The van der Waals surface area contributed by atoms with E-state index in [0.29, 0.717) is 6.42 Å². The highest BCUT2D eigenvalue weighted by Crippen LogP contribution is 2.29. The van der Waals surface area contributed by atoms with Crippen molar-refractivity contribution in [3.8, 4) is 0 Å². The first-order valence-corrected chi connectivity index (χ1v) is 4.47. The highest BCUT2D eigenvalue weighted by molar-refractivity contribution is 5.38. The molecule has 0 N–H and O–H groups in total. The number of aryl methyl sites for hydroxylation is 1. The lowest BCUT2D eigenvalue weighted by molar-refractivity contribution is -0.141. The highest BCUT2D eigenvalue weighted by Gasteiger charge is 2.33. The molecule has 0 saturated heterocycles. The van der Waals surface area contributed by atoms with Crippen molar-refractivity contribution in [1.29, 1.82) is 0 Å². The van der Waals surface area contributed by atoms with Gasteiger partial charge in [-0.2, -0.15) is 13.2 Å². The van der Waals surface area contributed by atoms with Crippen LogP contribution >= 0.6 is 0 Å². The van der Waals surface area contributed by atoms with Crippen molar-refractivity contribution in [3.05, 3.63) is 17.6 Å². The largest absolute Gasteiger partial charge is 0.433 e. The van der Waals surface area contributed by atoms with E-state index >= 15 is 0 Å². The van der Waals surface area contributed by atoms with Gasteiger partial charge in [0.2, 0.25) is 0 Å². The van der Waals surface area contributed by atoms with Crippen molar-refractivity contribution in [2.24, 2.45) is 0 Å². The second kappa shape index (κ2) is 4.04. The Balaban J connectivity index is 3.23. The minimum atomic E-state index is -4.42. The number of hydrogen-bond acceptors (Lipinski definition) is 3. The van der Waals surface area contributed by atoms with E-state index in [1.54, 1.807) is 21.0 Å². The van der Waals surface area contributed by atoms with Crippen LogP contribution in [0.2, 0.25) is 0 Å². The molecule has 0 radical (unpaired) electrons. The van der Waals surface area contributed by atoms with Crippen molar-refractivity contribution in [1.82, 2.24) is 9.97 Å². The molecule has 1 aromatic heterocycles. The zero-order valence-corrected chi connectivity index (χ0v) is 8.76. The summed E-state index contributed by atoms with van der Waals surface area (Å²) in [6, 6.07) is 0.944. The Hall–Kier alpha value is -1.33. The molecule has 0 spiro atoms. The van der Waals surface area contributed by atoms with Gasteiger partial charge in [0.1, 0.15) is 17.3 Å². The van der Waals surface area contributed by atoms with Gasteiger partial charge in [0.25, 0.3) is 0 Å². The van der Waals surface area contributed by atoms with Gasteiger partial charge in [-0.1, -0.05) is 6.92 Å². The van der Waals surface area contributed by atoms with Gasteiger partial charge in [-0.15, -0.1) is 0 Å². The van der Waals surface area contributed by atoms with E-state index in [9.17, 15) is 13.2 Å². The second-order valence-electron chi connectivity index (χ2n) is 3.27. The summed E-state index contributed by atoms with van der Waals surface area (Å²) in [6.45, 7) is 1.72. The second-order valence-corrected chi connectivity index (χ2v) is 3.27. The van der Waals surface area contributed by atoms with E-state index in [4.69, 9.17) is 0 Å². The van der Waals surface area contributed by atoms with E-state index in [1.165, 1.54) is 4.90 Å². The lowest BCUT2D eigenvalue weighted by atomic mass is 10.3. The van der Waals surface area contributed by atoms with Gasteiger partial charge < -0.3 is 4.90 Å². The minimum Gasteiger partial charge on any atom is -0.363 e. The number of rotatable bonds is 2. The number of halogens is 3. The molecule has 0 aliphatic rings. The van der Waals surface area contributed by atoms with Crippen LogP contribution in [-0.4, -0.2) is 24.1 Å². The third-order valence-electron chi connectivity index (χ3n) is 1.82. The Bertz CT molecular complexity index is 347. The Labute approximate surface area is 86.0 Å². The van der Waals surface area contributed by atoms with Crippen molar-refractivity contribution in [2.45, 2.75) is 19.5 Å². The Morgan fingerprint density at radius 1 is 1.27 bits per heavy atom. The molecule has 0 bridgehead atoms. The van der Waals surface area contributed by atoms with E-state index in [0.717, 1.165) is 6.07 Å². The lowest BCUT2D eigenvalue weighted by Crippen LogP contribution is -2.16. The summed E-state index contributed by atoms with van der Waals surface area (Å²) < 4.78 is 37.3. The molecular weight excluding hydrogens is 207 g/mol. The highest BCUT2D eigenvalue weighted by atomic mass is 19.4. The molecule has 0 fully saturated rings. The summed E-state index contributed by atoms with van der Waals surface area (Å²) in [7, 11) is 3.28. The van der Waals surface area contributed by atoms with Gasteiger partial charge in [-0.3, -0.25) is 0 Å². The quantitative estimate of drug-likeness (QED) is 0.763. The SMILES string of the molecule is CCc1nc(N(C)C)cc(C(F)(F)F)n1. The maximum absolute atomic E-state index is 12.4.